The van der Waals surface area contributed by atoms with Gasteiger partial charge in [0, 0.05) is 17.6 Å². The smallest absolute Gasteiger partial charge is 0.222 e. The van der Waals surface area contributed by atoms with Crippen molar-refractivity contribution in [3.05, 3.63) is 89.0 Å². The molecular weight excluding hydrogens is 415 g/mol. The van der Waals surface area contributed by atoms with Crippen molar-refractivity contribution in [2.75, 3.05) is 0 Å². The van der Waals surface area contributed by atoms with Gasteiger partial charge in [-0.1, -0.05) is 60.1 Å². The van der Waals surface area contributed by atoms with Gasteiger partial charge in [-0.2, -0.15) is 18.4 Å². The topological polar surface area (TPSA) is 57.7 Å². The van der Waals surface area contributed by atoms with Crippen LogP contribution >= 0.6 is 0 Å². The van der Waals surface area contributed by atoms with E-state index in [1.807, 2.05) is 30.3 Å². The maximum Gasteiger partial charge on any atom is 0.418 e. The molecule has 4 nitrogen and oxygen atoms in total. The van der Waals surface area contributed by atoms with Crippen LogP contribution in [-0.2, 0) is 4.79 Å². The average molecular weight is 436 g/mol. The molecule has 32 heavy (non-hydrogen) atoms. The fourth-order valence-corrected chi connectivity index (χ4v) is 4.25. The molecule has 0 spiro atoms. The molecule has 4 rings (SSSR count). The lowest BCUT2D eigenvalue weighted by atomic mass is 9.82. The number of carbonyl (C=O) groups excluding carboxylic acids is 1. The molecule has 1 aliphatic heterocycles. The summed E-state index contributed by atoms with van der Waals surface area (Å²) in [5, 5.41) is 14.0. The van der Waals surface area contributed by atoms with Gasteiger partial charge in [0.2, 0.25) is 0 Å². The molecule has 1 amide bonds. The van der Waals surface area contributed by atoms with Gasteiger partial charge in [0.05, 0.1) is 11.3 Å². The molecule has 2 aromatic carbocycles. The SMILES string of the molecule is N#CC1=C(C(F)(F)F)C=C(c2ccccc2)[NH+](N=C2CCCCC2c2ccccc2)C1=O. The maximum absolute atomic E-state index is 13.7. The van der Waals surface area contributed by atoms with Crippen LogP contribution in [0.25, 0.3) is 5.70 Å². The van der Waals surface area contributed by atoms with Crippen LogP contribution in [0.2, 0.25) is 0 Å². The van der Waals surface area contributed by atoms with Crippen LogP contribution in [0.1, 0.15) is 42.7 Å². The van der Waals surface area contributed by atoms with E-state index in [2.05, 4.69) is 5.10 Å². The molecule has 7 heteroatoms. The van der Waals surface area contributed by atoms with Crippen LogP contribution in [0.5, 0.6) is 0 Å². The van der Waals surface area contributed by atoms with E-state index < -0.39 is 23.2 Å². The van der Waals surface area contributed by atoms with Gasteiger partial charge < -0.3 is 0 Å². The van der Waals surface area contributed by atoms with E-state index in [0.717, 1.165) is 36.6 Å². The molecule has 1 N–H and O–H groups in total. The largest absolute Gasteiger partial charge is 0.418 e. The molecule has 2 aliphatic rings. The Balaban J connectivity index is 1.85. The van der Waals surface area contributed by atoms with Crippen LogP contribution in [0.3, 0.4) is 0 Å². The second kappa shape index (κ2) is 8.93. The normalized spacial score (nSPS) is 23.1. The number of nitrogens with one attached hydrogen (secondary N) is 1. The minimum Gasteiger partial charge on any atom is -0.222 e. The summed E-state index contributed by atoms with van der Waals surface area (Å²) in [4.78, 5) is 13.1. The zero-order valence-corrected chi connectivity index (χ0v) is 17.2. The van der Waals surface area contributed by atoms with Crippen molar-refractivity contribution >= 4 is 17.3 Å². The van der Waals surface area contributed by atoms with Gasteiger partial charge in [-0.3, -0.25) is 0 Å². The van der Waals surface area contributed by atoms with Gasteiger partial charge in [0.25, 0.3) is 0 Å². The molecule has 0 radical (unpaired) electrons. The number of nitriles is 1. The molecule has 0 saturated heterocycles. The van der Waals surface area contributed by atoms with E-state index in [-0.39, 0.29) is 16.6 Å². The third-order valence-electron chi connectivity index (χ3n) is 5.79. The van der Waals surface area contributed by atoms with Crippen molar-refractivity contribution in [2.45, 2.75) is 37.8 Å². The number of halogens is 3. The summed E-state index contributed by atoms with van der Waals surface area (Å²) < 4.78 is 41.0. The van der Waals surface area contributed by atoms with Gasteiger partial charge in [-0.25, -0.2) is 4.79 Å². The number of quaternary nitrogens is 1. The number of hydrogen-bond acceptors (Lipinski definition) is 3. The van der Waals surface area contributed by atoms with E-state index in [1.165, 1.54) is 6.07 Å². The first-order chi connectivity index (χ1) is 15.4. The van der Waals surface area contributed by atoms with Crippen LogP contribution in [0, 0.1) is 11.3 Å². The lowest BCUT2D eigenvalue weighted by Gasteiger charge is -2.26. The summed E-state index contributed by atoms with van der Waals surface area (Å²) in [6.07, 6.45) is -0.543. The predicted molar refractivity (Wildman–Crippen MR) is 114 cm³/mol. The minimum absolute atomic E-state index is 0.0131. The molecule has 2 aromatic rings. The van der Waals surface area contributed by atoms with Crippen molar-refractivity contribution in [2.24, 2.45) is 5.10 Å². The molecule has 2 unspecified atom stereocenters. The number of carbonyl (C=O) groups is 1. The summed E-state index contributed by atoms with van der Waals surface area (Å²) in [5.41, 5.74) is 0.227. The number of hydrogen-bond donors (Lipinski definition) is 1. The molecule has 1 aliphatic carbocycles. The highest BCUT2D eigenvalue weighted by Crippen LogP contribution is 2.33. The Bertz CT molecular complexity index is 1140. The van der Waals surface area contributed by atoms with Crippen molar-refractivity contribution in [3.8, 4) is 6.07 Å². The molecule has 0 aromatic heterocycles. The number of alkyl halides is 3. The zero-order valence-electron chi connectivity index (χ0n) is 17.2. The first kappa shape index (κ1) is 21.7. The number of benzene rings is 2. The van der Waals surface area contributed by atoms with Crippen molar-refractivity contribution in [1.82, 2.24) is 0 Å². The van der Waals surface area contributed by atoms with Crippen LogP contribution < -0.4 is 5.01 Å². The third-order valence-corrected chi connectivity index (χ3v) is 5.79. The highest BCUT2D eigenvalue weighted by Gasteiger charge is 2.46. The summed E-state index contributed by atoms with van der Waals surface area (Å²) in [7, 11) is 0. The Kier molecular flexibility index (Phi) is 6.06. The van der Waals surface area contributed by atoms with Gasteiger partial charge in [-0.15, -0.1) is 5.01 Å². The van der Waals surface area contributed by atoms with Gasteiger partial charge in [0.15, 0.2) is 11.3 Å². The van der Waals surface area contributed by atoms with Crippen molar-refractivity contribution in [3.63, 3.8) is 0 Å². The molecule has 1 heterocycles. The monoisotopic (exact) mass is 436 g/mol. The summed E-state index contributed by atoms with van der Waals surface area (Å²) in [6.45, 7) is 0. The third kappa shape index (κ3) is 4.27. The fourth-order valence-electron chi connectivity index (χ4n) is 4.25. The number of nitrogens with zero attached hydrogens (tertiary/aromatic N) is 2. The first-order valence-corrected chi connectivity index (χ1v) is 10.4. The second-order valence-electron chi connectivity index (χ2n) is 7.81. The van der Waals surface area contributed by atoms with E-state index >= 15 is 0 Å². The minimum atomic E-state index is -4.82. The van der Waals surface area contributed by atoms with E-state index in [1.54, 1.807) is 30.3 Å². The van der Waals surface area contributed by atoms with E-state index in [9.17, 15) is 23.2 Å². The molecule has 162 valence electrons. The summed E-state index contributed by atoms with van der Waals surface area (Å²) >= 11 is 0. The summed E-state index contributed by atoms with van der Waals surface area (Å²) in [5.74, 6) is -0.994. The van der Waals surface area contributed by atoms with E-state index in [0.29, 0.717) is 12.0 Å². The Morgan fingerprint density at radius 1 is 1.00 bits per heavy atom. The molecule has 0 bridgehead atoms. The van der Waals surface area contributed by atoms with Crippen molar-refractivity contribution in [1.29, 1.82) is 5.26 Å². The van der Waals surface area contributed by atoms with Crippen LogP contribution in [-0.4, -0.2) is 17.8 Å². The van der Waals surface area contributed by atoms with Crippen LogP contribution in [0.15, 0.2) is 83.0 Å². The highest BCUT2D eigenvalue weighted by atomic mass is 19.4. The zero-order chi connectivity index (χ0) is 22.7. The second-order valence-corrected chi connectivity index (χ2v) is 7.81. The Hall–Kier alpha value is -3.50. The number of allylic oxidation sites excluding steroid dienone is 2. The standard InChI is InChI=1S/C25H20F3N3O/c26-25(27,28)21-15-23(18-11-5-2-6-12-18)31(24(32)20(21)16-29)30-22-14-8-7-13-19(22)17-9-3-1-4-10-17/h1-6,9-12,15,19H,7-8,13-14H2/p+1. The molecule has 2 atom stereocenters. The van der Waals surface area contributed by atoms with Gasteiger partial charge in [0.1, 0.15) is 6.07 Å². The molecular formula is C25H21F3N3O+. The highest BCUT2D eigenvalue weighted by molar-refractivity contribution is 5.99. The number of amides is 1. The van der Waals surface area contributed by atoms with Gasteiger partial charge in [-0.05, 0) is 37.0 Å². The lowest BCUT2D eigenvalue weighted by molar-refractivity contribution is -0.746. The lowest BCUT2D eigenvalue weighted by Crippen LogP contribution is -3.08. The van der Waals surface area contributed by atoms with Crippen LogP contribution in [0.4, 0.5) is 13.2 Å². The predicted octanol–water partition coefficient (Wildman–Crippen LogP) is 4.55. The number of rotatable bonds is 3. The average Bonchev–Trinajstić information content (AvgIpc) is 2.81. The molecule has 1 fully saturated rings. The van der Waals surface area contributed by atoms with Gasteiger partial charge >= 0.3 is 12.1 Å². The van der Waals surface area contributed by atoms with E-state index in [4.69, 9.17) is 0 Å². The maximum atomic E-state index is 13.7. The molecule has 1 saturated carbocycles. The Labute approximate surface area is 184 Å². The quantitative estimate of drug-likeness (QED) is 0.768. The first-order valence-electron chi connectivity index (χ1n) is 10.4. The fraction of sp³-hybridized carbons (Fsp3) is 0.240. The Morgan fingerprint density at radius 2 is 1.66 bits per heavy atom. The Morgan fingerprint density at radius 3 is 2.28 bits per heavy atom. The summed E-state index contributed by atoms with van der Waals surface area (Å²) in [6, 6.07) is 19.6. The van der Waals surface area contributed by atoms with Crippen molar-refractivity contribution < 1.29 is 23.0 Å².